The van der Waals surface area contributed by atoms with Gasteiger partial charge >= 0.3 is 0 Å². The van der Waals surface area contributed by atoms with Gasteiger partial charge in [-0.05, 0) is 44.4 Å². The predicted octanol–water partition coefficient (Wildman–Crippen LogP) is 2.59. The molecule has 2 saturated heterocycles. The molecule has 0 bridgehead atoms. The SMILES string of the molecule is CC(C)N1CC(C(=O)N2CCCN(C(=O)CCc3ccc(Cl)cc3)CC2)CC1=O. The molecule has 158 valence electrons. The molecule has 1 aromatic carbocycles. The third kappa shape index (κ3) is 5.50. The number of rotatable bonds is 5. The van der Waals surface area contributed by atoms with Crippen LogP contribution in [-0.2, 0) is 20.8 Å². The summed E-state index contributed by atoms with van der Waals surface area (Å²) in [5.74, 6) is -0.0162. The van der Waals surface area contributed by atoms with E-state index in [2.05, 4.69) is 0 Å². The molecule has 1 atom stereocenters. The van der Waals surface area contributed by atoms with E-state index in [4.69, 9.17) is 11.6 Å². The monoisotopic (exact) mass is 419 g/mol. The fourth-order valence-electron chi connectivity index (χ4n) is 4.10. The van der Waals surface area contributed by atoms with Gasteiger partial charge in [0, 0.05) is 56.6 Å². The molecule has 0 spiro atoms. The summed E-state index contributed by atoms with van der Waals surface area (Å²) >= 11 is 5.90. The highest BCUT2D eigenvalue weighted by atomic mass is 35.5. The largest absolute Gasteiger partial charge is 0.341 e. The number of carbonyl (C=O) groups is 3. The first kappa shape index (κ1) is 21.6. The molecule has 2 fully saturated rings. The number of hydrogen-bond donors (Lipinski definition) is 0. The van der Waals surface area contributed by atoms with E-state index in [1.165, 1.54) is 0 Å². The maximum atomic E-state index is 12.9. The zero-order valence-corrected chi connectivity index (χ0v) is 18.0. The number of halogens is 1. The normalized spacial score (nSPS) is 20.3. The maximum absolute atomic E-state index is 12.9. The smallest absolute Gasteiger partial charge is 0.228 e. The lowest BCUT2D eigenvalue weighted by atomic mass is 10.1. The molecule has 3 rings (SSSR count). The summed E-state index contributed by atoms with van der Waals surface area (Å²) in [6.45, 7) is 6.87. The van der Waals surface area contributed by atoms with Crippen LogP contribution in [0, 0.1) is 5.92 Å². The zero-order valence-electron chi connectivity index (χ0n) is 17.3. The van der Waals surface area contributed by atoms with Crippen molar-refractivity contribution in [2.24, 2.45) is 5.92 Å². The van der Waals surface area contributed by atoms with E-state index in [1.807, 2.05) is 47.9 Å². The molecule has 1 aromatic rings. The summed E-state index contributed by atoms with van der Waals surface area (Å²) in [6.07, 6.45) is 2.21. The lowest BCUT2D eigenvalue weighted by Gasteiger charge is -2.25. The van der Waals surface area contributed by atoms with Gasteiger partial charge in [0.25, 0.3) is 0 Å². The summed E-state index contributed by atoms with van der Waals surface area (Å²) in [5.41, 5.74) is 1.09. The fraction of sp³-hybridized carbons (Fsp3) is 0.591. The van der Waals surface area contributed by atoms with Crippen molar-refractivity contribution in [2.75, 3.05) is 32.7 Å². The molecule has 0 aromatic heterocycles. The van der Waals surface area contributed by atoms with E-state index in [-0.39, 0.29) is 29.7 Å². The Morgan fingerprint density at radius 3 is 2.38 bits per heavy atom. The number of hydrogen-bond acceptors (Lipinski definition) is 3. The number of likely N-dealkylation sites (tertiary alicyclic amines) is 1. The molecule has 0 radical (unpaired) electrons. The lowest BCUT2D eigenvalue weighted by molar-refractivity contribution is -0.136. The average Bonchev–Trinajstić information content (AvgIpc) is 2.93. The fourth-order valence-corrected chi connectivity index (χ4v) is 4.23. The van der Waals surface area contributed by atoms with Gasteiger partial charge in [0.1, 0.15) is 0 Å². The summed E-state index contributed by atoms with van der Waals surface area (Å²) < 4.78 is 0. The van der Waals surface area contributed by atoms with Gasteiger partial charge in [-0.1, -0.05) is 23.7 Å². The molecule has 2 aliphatic heterocycles. The maximum Gasteiger partial charge on any atom is 0.228 e. The molecule has 2 heterocycles. The molecular formula is C22H30ClN3O3. The van der Waals surface area contributed by atoms with Gasteiger partial charge in [0.05, 0.1) is 5.92 Å². The highest BCUT2D eigenvalue weighted by Gasteiger charge is 2.37. The third-order valence-corrected chi connectivity index (χ3v) is 6.08. The van der Waals surface area contributed by atoms with Crippen LogP contribution in [0.25, 0.3) is 0 Å². The van der Waals surface area contributed by atoms with Crippen molar-refractivity contribution in [3.63, 3.8) is 0 Å². The Balaban J connectivity index is 1.49. The lowest BCUT2D eigenvalue weighted by Crippen LogP contribution is -2.41. The van der Waals surface area contributed by atoms with Gasteiger partial charge in [0.2, 0.25) is 17.7 Å². The number of aryl methyl sites for hydroxylation is 1. The van der Waals surface area contributed by atoms with Crippen molar-refractivity contribution in [3.8, 4) is 0 Å². The van der Waals surface area contributed by atoms with Crippen molar-refractivity contribution in [1.82, 2.24) is 14.7 Å². The topological polar surface area (TPSA) is 60.9 Å². The zero-order chi connectivity index (χ0) is 21.0. The van der Waals surface area contributed by atoms with Crippen molar-refractivity contribution >= 4 is 29.3 Å². The number of benzene rings is 1. The van der Waals surface area contributed by atoms with Gasteiger partial charge in [-0.25, -0.2) is 0 Å². The molecule has 0 N–H and O–H groups in total. The van der Waals surface area contributed by atoms with Crippen LogP contribution in [0.4, 0.5) is 0 Å². The van der Waals surface area contributed by atoms with Gasteiger partial charge in [0.15, 0.2) is 0 Å². The molecule has 29 heavy (non-hydrogen) atoms. The Hall–Kier alpha value is -2.08. The Morgan fingerprint density at radius 2 is 1.72 bits per heavy atom. The van der Waals surface area contributed by atoms with Crippen molar-refractivity contribution in [3.05, 3.63) is 34.9 Å². The van der Waals surface area contributed by atoms with Crippen molar-refractivity contribution < 1.29 is 14.4 Å². The Bertz CT molecular complexity index is 750. The predicted molar refractivity (Wildman–Crippen MR) is 113 cm³/mol. The summed E-state index contributed by atoms with van der Waals surface area (Å²) in [4.78, 5) is 43.2. The molecule has 7 heteroatoms. The highest BCUT2D eigenvalue weighted by Crippen LogP contribution is 2.23. The molecular weight excluding hydrogens is 390 g/mol. The van der Waals surface area contributed by atoms with E-state index >= 15 is 0 Å². The molecule has 0 saturated carbocycles. The summed E-state index contributed by atoms with van der Waals surface area (Å²) in [6, 6.07) is 7.69. The number of amides is 3. The van der Waals surface area contributed by atoms with Crippen LogP contribution in [0.2, 0.25) is 5.02 Å². The molecule has 2 aliphatic rings. The standard InChI is InChI=1S/C22H30ClN3O3/c1-16(2)26-15-18(14-21(26)28)22(29)25-11-3-10-24(12-13-25)20(27)9-6-17-4-7-19(23)8-5-17/h4-5,7-8,16,18H,3,6,9-15H2,1-2H3. The molecule has 1 unspecified atom stereocenters. The minimum absolute atomic E-state index is 0.0527. The van der Waals surface area contributed by atoms with E-state index in [0.29, 0.717) is 57.0 Å². The van der Waals surface area contributed by atoms with Crippen LogP contribution >= 0.6 is 11.6 Å². The quantitative estimate of drug-likeness (QED) is 0.737. The molecule has 0 aliphatic carbocycles. The summed E-state index contributed by atoms with van der Waals surface area (Å²) in [7, 11) is 0. The van der Waals surface area contributed by atoms with Gasteiger partial charge in [-0.15, -0.1) is 0 Å². The van der Waals surface area contributed by atoms with Gasteiger partial charge < -0.3 is 14.7 Å². The highest BCUT2D eigenvalue weighted by molar-refractivity contribution is 6.30. The van der Waals surface area contributed by atoms with E-state index in [0.717, 1.165) is 12.0 Å². The molecule has 6 nitrogen and oxygen atoms in total. The van der Waals surface area contributed by atoms with E-state index in [9.17, 15) is 14.4 Å². The Kier molecular flexibility index (Phi) is 7.17. The second kappa shape index (κ2) is 9.61. The Labute approximate surface area is 177 Å². The van der Waals surface area contributed by atoms with Crippen LogP contribution in [-0.4, -0.2) is 71.2 Å². The third-order valence-electron chi connectivity index (χ3n) is 5.83. The van der Waals surface area contributed by atoms with Crippen LogP contribution in [0.15, 0.2) is 24.3 Å². The first-order chi connectivity index (χ1) is 13.8. The summed E-state index contributed by atoms with van der Waals surface area (Å²) in [5, 5.41) is 0.692. The number of carbonyl (C=O) groups excluding carboxylic acids is 3. The minimum atomic E-state index is -0.253. The van der Waals surface area contributed by atoms with Crippen LogP contribution in [0.5, 0.6) is 0 Å². The van der Waals surface area contributed by atoms with Gasteiger partial charge in [-0.2, -0.15) is 0 Å². The van der Waals surface area contributed by atoms with Crippen LogP contribution in [0.3, 0.4) is 0 Å². The van der Waals surface area contributed by atoms with E-state index < -0.39 is 0 Å². The van der Waals surface area contributed by atoms with Crippen LogP contribution in [0.1, 0.15) is 38.7 Å². The average molecular weight is 420 g/mol. The second-order valence-corrected chi connectivity index (χ2v) is 8.66. The Morgan fingerprint density at radius 1 is 1.07 bits per heavy atom. The first-order valence-electron chi connectivity index (χ1n) is 10.5. The number of nitrogens with zero attached hydrogens (tertiary/aromatic N) is 3. The van der Waals surface area contributed by atoms with Gasteiger partial charge in [-0.3, -0.25) is 14.4 Å². The van der Waals surface area contributed by atoms with Crippen molar-refractivity contribution in [1.29, 1.82) is 0 Å². The van der Waals surface area contributed by atoms with E-state index in [1.54, 1.807) is 4.90 Å². The molecule has 3 amide bonds. The van der Waals surface area contributed by atoms with Crippen molar-refractivity contribution in [2.45, 2.75) is 45.6 Å². The second-order valence-electron chi connectivity index (χ2n) is 8.23. The van der Waals surface area contributed by atoms with Crippen LogP contribution < -0.4 is 0 Å². The first-order valence-corrected chi connectivity index (χ1v) is 10.8. The minimum Gasteiger partial charge on any atom is -0.341 e.